The number of imidazole rings is 1. The molecule has 0 fully saturated rings. The number of rotatable bonds is 6. The molecule has 0 saturated carbocycles. The summed E-state index contributed by atoms with van der Waals surface area (Å²) in [5.41, 5.74) is 3.75. The molecule has 0 amide bonds. The third kappa shape index (κ3) is 3.37. The minimum atomic E-state index is 0.561. The normalized spacial score (nSPS) is 13.6. The van der Waals surface area contributed by atoms with Crippen molar-refractivity contribution in [2.24, 2.45) is 5.92 Å². The summed E-state index contributed by atoms with van der Waals surface area (Å²) in [6.07, 6.45) is 2.52. The molecule has 19 heavy (non-hydrogen) atoms. The van der Waals surface area contributed by atoms with Crippen LogP contribution in [0, 0.1) is 19.8 Å². The predicted octanol–water partition coefficient (Wildman–Crippen LogP) is 3.93. The topological polar surface area (TPSA) is 29.3 Å². The van der Waals surface area contributed by atoms with Crippen LogP contribution in [-0.4, -0.2) is 15.4 Å². The highest BCUT2D eigenvalue weighted by molar-refractivity contribution is 7.15. The number of hydrogen-bond donors (Lipinski definition) is 1. The molecule has 1 atom stereocenters. The maximum atomic E-state index is 4.63. The highest BCUT2D eigenvalue weighted by Crippen LogP contribution is 2.20. The highest BCUT2D eigenvalue weighted by atomic mass is 32.1. The van der Waals surface area contributed by atoms with Gasteiger partial charge in [0.2, 0.25) is 0 Å². The van der Waals surface area contributed by atoms with Gasteiger partial charge in [0.1, 0.15) is 0 Å². The number of hydrogen-bond acceptors (Lipinski definition) is 3. The van der Waals surface area contributed by atoms with Crippen LogP contribution in [-0.2, 0) is 6.54 Å². The minimum absolute atomic E-state index is 0.561. The molecule has 2 heterocycles. The first kappa shape index (κ1) is 14.5. The van der Waals surface area contributed by atoms with E-state index < -0.39 is 0 Å². The lowest BCUT2D eigenvalue weighted by Crippen LogP contribution is -2.26. The van der Waals surface area contributed by atoms with Gasteiger partial charge in [-0.25, -0.2) is 4.98 Å². The van der Waals surface area contributed by atoms with E-state index in [-0.39, 0.29) is 0 Å². The number of nitrogens with one attached hydrogen (secondary N) is 1. The van der Waals surface area contributed by atoms with Crippen LogP contribution < -0.4 is 5.32 Å². The monoisotopic (exact) mass is 279 g/mol. The zero-order valence-corrected chi connectivity index (χ0v) is 13.5. The van der Waals surface area contributed by atoms with Crippen LogP contribution in [0.4, 0.5) is 0 Å². The first-order chi connectivity index (χ1) is 8.99. The number of fused-ring (bicyclic) bond motifs is 1. The Morgan fingerprint density at radius 1 is 1.26 bits per heavy atom. The molecule has 0 saturated heterocycles. The fraction of sp³-hybridized carbons (Fsp3) is 0.667. The number of nitrogens with zero attached hydrogens (tertiary/aromatic N) is 2. The molecule has 2 aromatic heterocycles. The van der Waals surface area contributed by atoms with Gasteiger partial charge in [-0.2, -0.15) is 0 Å². The van der Waals surface area contributed by atoms with Crippen LogP contribution in [0.15, 0.2) is 5.38 Å². The Balaban J connectivity index is 2.01. The summed E-state index contributed by atoms with van der Waals surface area (Å²) in [5, 5.41) is 5.81. The van der Waals surface area contributed by atoms with E-state index in [1.54, 1.807) is 11.3 Å². The van der Waals surface area contributed by atoms with Crippen molar-refractivity contribution < 1.29 is 0 Å². The maximum Gasteiger partial charge on any atom is 0.194 e. The Morgan fingerprint density at radius 2 is 2.00 bits per heavy atom. The van der Waals surface area contributed by atoms with Crippen LogP contribution in [0.25, 0.3) is 4.96 Å². The average Bonchev–Trinajstić information content (AvgIpc) is 2.84. The third-order valence-corrected chi connectivity index (χ3v) is 4.57. The average molecular weight is 279 g/mol. The van der Waals surface area contributed by atoms with Crippen molar-refractivity contribution in [3.63, 3.8) is 0 Å². The van der Waals surface area contributed by atoms with E-state index in [2.05, 4.69) is 54.7 Å². The number of aryl methyl sites for hydroxylation is 2. The highest BCUT2D eigenvalue weighted by Gasteiger charge is 2.12. The summed E-state index contributed by atoms with van der Waals surface area (Å²) in [5.74, 6) is 0.784. The van der Waals surface area contributed by atoms with Crippen molar-refractivity contribution in [3.8, 4) is 0 Å². The van der Waals surface area contributed by atoms with Gasteiger partial charge in [-0.05, 0) is 39.5 Å². The zero-order valence-electron chi connectivity index (χ0n) is 12.7. The lowest BCUT2D eigenvalue weighted by Gasteiger charge is -2.15. The molecule has 0 spiro atoms. The first-order valence-electron chi connectivity index (χ1n) is 7.14. The van der Waals surface area contributed by atoms with Gasteiger partial charge in [-0.1, -0.05) is 13.8 Å². The Bertz CT molecular complexity index is 539. The van der Waals surface area contributed by atoms with E-state index in [1.807, 2.05) is 0 Å². The van der Waals surface area contributed by atoms with Crippen molar-refractivity contribution in [1.82, 2.24) is 14.7 Å². The summed E-state index contributed by atoms with van der Waals surface area (Å²) in [6.45, 7) is 12.0. The number of aromatic nitrogens is 2. The SMILES string of the molecule is Cc1nc2scc(C)n2c1CNC(C)CCC(C)C. The number of thiazole rings is 1. The quantitative estimate of drug-likeness (QED) is 0.868. The van der Waals surface area contributed by atoms with Crippen LogP contribution >= 0.6 is 11.3 Å². The fourth-order valence-corrected chi connectivity index (χ4v) is 3.26. The Morgan fingerprint density at radius 3 is 2.68 bits per heavy atom. The van der Waals surface area contributed by atoms with Crippen LogP contribution in [0.1, 0.15) is 50.7 Å². The lowest BCUT2D eigenvalue weighted by atomic mass is 10.0. The molecule has 0 aliphatic carbocycles. The van der Waals surface area contributed by atoms with E-state index in [4.69, 9.17) is 0 Å². The largest absolute Gasteiger partial charge is 0.309 e. The molecular formula is C15H25N3S. The lowest BCUT2D eigenvalue weighted by molar-refractivity contribution is 0.447. The molecule has 3 nitrogen and oxygen atoms in total. The van der Waals surface area contributed by atoms with Gasteiger partial charge < -0.3 is 5.32 Å². The minimum Gasteiger partial charge on any atom is -0.309 e. The van der Waals surface area contributed by atoms with Crippen LogP contribution in [0.5, 0.6) is 0 Å². The second-order valence-electron chi connectivity index (χ2n) is 5.89. The van der Waals surface area contributed by atoms with Crippen LogP contribution in [0.3, 0.4) is 0 Å². The zero-order chi connectivity index (χ0) is 14.0. The molecule has 0 aliphatic rings. The fourth-order valence-electron chi connectivity index (χ4n) is 2.33. The maximum absolute atomic E-state index is 4.63. The van der Waals surface area contributed by atoms with E-state index in [0.29, 0.717) is 6.04 Å². The van der Waals surface area contributed by atoms with Crippen molar-refractivity contribution in [3.05, 3.63) is 22.5 Å². The molecule has 0 bridgehead atoms. The summed E-state index contributed by atoms with van der Waals surface area (Å²) in [7, 11) is 0. The standard InChI is InChI=1S/C15H25N3S/c1-10(2)6-7-11(3)16-8-14-13(5)17-15-18(14)12(4)9-19-15/h9-11,16H,6-8H2,1-5H3. The van der Waals surface area contributed by atoms with E-state index in [1.165, 1.54) is 24.2 Å². The first-order valence-corrected chi connectivity index (χ1v) is 8.02. The smallest absolute Gasteiger partial charge is 0.194 e. The van der Waals surface area contributed by atoms with Gasteiger partial charge in [0.05, 0.1) is 11.4 Å². The molecule has 106 valence electrons. The van der Waals surface area contributed by atoms with Gasteiger partial charge in [-0.3, -0.25) is 4.40 Å². The molecule has 1 unspecified atom stereocenters. The van der Waals surface area contributed by atoms with Gasteiger partial charge in [0.15, 0.2) is 4.96 Å². The summed E-state index contributed by atoms with van der Waals surface area (Å²) in [4.78, 5) is 5.74. The van der Waals surface area contributed by atoms with Crippen LogP contribution in [0.2, 0.25) is 0 Å². The van der Waals surface area contributed by atoms with E-state index in [0.717, 1.165) is 23.1 Å². The summed E-state index contributed by atoms with van der Waals surface area (Å²) >= 11 is 1.72. The second kappa shape index (κ2) is 6.06. The Labute approximate surface area is 120 Å². The van der Waals surface area contributed by atoms with Crippen molar-refractivity contribution in [2.45, 2.75) is 60.0 Å². The molecule has 0 radical (unpaired) electrons. The Hall–Kier alpha value is -0.870. The van der Waals surface area contributed by atoms with Crippen molar-refractivity contribution in [1.29, 1.82) is 0 Å². The molecule has 2 aromatic rings. The van der Waals surface area contributed by atoms with Crippen molar-refractivity contribution >= 4 is 16.3 Å². The van der Waals surface area contributed by atoms with E-state index >= 15 is 0 Å². The van der Waals surface area contributed by atoms with E-state index in [9.17, 15) is 0 Å². The third-order valence-electron chi connectivity index (χ3n) is 3.62. The second-order valence-corrected chi connectivity index (χ2v) is 6.73. The van der Waals surface area contributed by atoms with Gasteiger partial charge in [0.25, 0.3) is 0 Å². The molecule has 2 rings (SSSR count). The van der Waals surface area contributed by atoms with Gasteiger partial charge in [-0.15, -0.1) is 11.3 Å². The van der Waals surface area contributed by atoms with Gasteiger partial charge in [0, 0.05) is 23.7 Å². The van der Waals surface area contributed by atoms with Crippen molar-refractivity contribution in [2.75, 3.05) is 0 Å². The molecule has 0 aliphatic heterocycles. The molecule has 0 aromatic carbocycles. The predicted molar refractivity (Wildman–Crippen MR) is 82.9 cm³/mol. The molecule has 4 heteroatoms. The molecule has 1 N–H and O–H groups in total. The summed E-state index contributed by atoms with van der Waals surface area (Å²) < 4.78 is 2.28. The molecular weight excluding hydrogens is 254 g/mol. The Kier molecular flexibility index (Phi) is 4.63. The summed E-state index contributed by atoms with van der Waals surface area (Å²) in [6, 6.07) is 0.561. The van der Waals surface area contributed by atoms with Gasteiger partial charge >= 0.3 is 0 Å².